The zero-order valence-electron chi connectivity index (χ0n) is 11.2. The summed E-state index contributed by atoms with van der Waals surface area (Å²) in [4.78, 5) is 12.2. The second-order valence-electron chi connectivity index (χ2n) is 5.21. The van der Waals surface area contributed by atoms with Gasteiger partial charge in [-0.3, -0.25) is 4.79 Å². The third-order valence-corrected chi connectivity index (χ3v) is 3.73. The van der Waals surface area contributed by atoms with Crippen LogP contribution in [0.25, 0.3) is 0 Å². The number of nitrogens with zero attached hydrogens (tertiary/aromatic N) is 1. The van der Waals surface area contributed by atoms with Gasteiger partial charge in [0.25, 0.3) is 0 Å². The first-order valence-corrected chi connectivity index (χ1v) is 7.06. The van der Waals surface area contributed by atoms with Crippen LogP contribution in [-0.4, -0.2) is 5.91 Å². The maximum Gasteiger partial charge on any atom is 0.227 e. The Morgan fingerprint density at radius 3 is 2.37 bits per heavy atom. The normalized spacial score (nSPS) is 16.4. The monoisotopic (exact) mass is 256 g/mol. The zero-order valence-corrected chi connectivity index (χ0v) is 11.2. The van der Waals surface area contributed by atoms with Crippen molar-refractivity contribution in [2.45, 2.75) is 44.9 Å². The van der Waals surface area contributed by atoms with E-state index in [-0.39, 0.29) is 11.8 Å². The van der Waals surface area contributed by atoms with Gasteiger partial charge in [0, 0.05) is 11.6 Å². The van der Waals surface area contributed by atoms with Gasteiger partial charge in [-0.25, -0.2) is 0 Å². The van der Waals surface area contributed by atoms with Crippen LogP contribution in [0.4, 0.5) is 5.69 Å². The van der Waals surface area contributed by atoms with E-state index in [2.05, 4.69) is 11.4 Å². The van der Waals surface area contributed by atoms with Gasteiger partial charge in [-0.2, -0.15) is 5.26 Å². The second-order valence-corrected chi connectivity index (χ2v) is 5.21. The molecular formula is C16H20N2O. The van der Waals surface area contributed by atoms with Crippen molar-refractivity contribution in [3.05, 3.63) is 29.8 Å². The fraction of sp³-hybridized carbons (Fsp3) is 0.500. The number of benzene rings is 1. The van der Waals surface area contributed by atoms with Crippen LogP contribution in [0.15, 0.2) is 24.3 Å². The number of anilines is 1. The van der Waals surface area contributed by atoms with Crippen LogP contribution in [0.1, 0.15) is 44.1 Å². The SMILES string of the molecule is N#CCc1ccc(NC(=O)C2CCCCCC2)cc1. The van der Waals surface area contributed by atoms with Crippen LogP contribution in [-0.2, 0) is 11.2 Å². The van der Waals surface area contributed by atoms with E-state index in [0.29, 0.717) is 6.42 Å². The number of hydrogen-bond acceptors (Lipinski definition) is 2. The molecule has 0 heterocycles. The van der Waals surface area contributed by atoms with Crippen molar-refractivity contribution in [3.63, 3.8) is 0 Å². The molecule has 0 saturated heterocycles. The summed E-state index contributed by atoms with van der Waals surface area (Å²) in [5, 5.41) is 11.6. The molecule has 0 bridgehead atoms. The lowest BCUT2D eigenvalue weighted by Crippen LogP contribution is -2.22. The lowest BCUT2D eigenvalue weighted by Gasteiger charge is -2.14. The molecule has 3 heteroatoms. The topological polar surface area (TPSA) is 52.9 Å². The number of carbonyl (C=O) groups excluding carboxylic acids is 1. The molecule has 0 aliphatic heterocycles. The number of rotatable bonds is 3. The molecular weight excluding hydrogens is 236 g/mol. The van der Waals surface area contributed by atoms with E-state index in [1.807, 2.05) is 24.3 Å². The predicted octanol–water partition coefficient (Wildman–Crippen LogP) is 3.66. The van der Waals surface area contributed by atoms with Crippen molar-refractivity contribution in [2.75, 3.05) is 5.32 Å². The highest BCUT2D eigenvalue weighted by Gasteiger charge is 2.19. The minimum absolute atomic E-state index is 0.148. The van der Waals surface area contributed by atoms with Gasteiger partial charge in [-0.15, -0.1) is 0 Å². The third kappa shape index (κ3) is 4.10. The van der Waals surface area contributed by atoms with Gasteiger partial charge in [-0.1, -0.05) is 37.8 Å². The highest BCUT2D eigenvalue weighted by molar-refractivity contribution is 5.92. The number of nitriles is 1. The van der Waals surface area contributed by atoms with E-state index in [0.717, 1.165) is 24.1 Å². The summed E-state index contributed by atoms with van der Waals surface area (Å²) in [6, 6.07) is 9.66. The number of carbonyl (C=O) groups is 1. The molecule has 3 nitrogen and oxygen atoms in total. The summed E-state index contributed by atoms with van der Waals surface area (Å²) < 4.78 is 0. The van der Waals surface area contributed by atoms with Crippen LogP contribution >= 0.6 is 0 Å². The van der Waals surface area contributed by atoms with Crippen molar-refractivity contribution in [3.8, 4) is 6.07 Å². The van der Waals surface area contributed by atoms with Gasteiger partial charge >= 0.3 is 0 Å². The van der Waals surface area contributed by atoms with E-state index in [4.69, 9.17) is 5.26 Å². The molecule has 1 saturated carbocycles. The predicted molar refractivity (Wildman–Crippen MR) is 75.6 cm³/mol. The van der Waals surface area contributed by atoms with Crippen molar-refractivity contribution < 1.29 is 4.79 Å². The standard InChI is InChI=1S/C16H20N2O/c17-12-11-13-7-9-15(10-8-13)18-16(19)14-5-3-1-2-4-6-14/h7-10,14H,1-6,11H2,(H,18,19). The Kier molecular flexibility index (Phi) is 4.97. The van der Waals surface area contributed by atoms with Crippen LogP contribution < -0.4 is 5.32 Å². The molecule has 1 fully saturated rings. The molecule has 2 rings (SSSR count). The molecule has 0 unspecified atom stereocenters. The first-order valence-electron chi connectivity index (χ1n) is 7.06. The molecule has 0 radical (unpaired) electrons. The van der Waals surface area contributed by atoms with Crippen molar-refractivity contribution in [2.24, 2.45) is 5.92 Å². The van der Waals surface area contributed by atoms with Gasteiger partial charge in [0.15, 0.2) is 0 Å². The highest BCUT2D eigenvalue weighted by Crippen LogP contribution is 2.24. The quantitative estimate of drug-likeness (QED) is 0.839. The van der Waals surface area contributed by atoms with Crippen molar-refractivity contribution in [1.29, 1.82) is 5.26 Å². The van der Waals surface area contributed by atoms with E-state index in [9.17, 15) is 4.79 Å². The van der Waals surface area contributed by atoms with Crippen LogP contribution in [0.5, 0.6) is 0 Å². The van der Waals surface area contributed by atoms with Crippen LogP contribution in [0.3, 0.4) is 0 Å². The Morgan fingerprint density at radius 1 is 1.16 bits per heavy atom. The molecule has 0 aromatic heterocycles. The average Bonchev–Trinajstić information content (AvgIpc) is 2.70. The molecule has 1 aromatic carbocycles. The van der Waals surface area contributed by atoms with E-state index < -0.39 is 0 Å². The van der Waals surface area contributed by atoms with Gasteiger partial charge in [0.1, 0.15) is 0 Å². The van der Waals surface area contributed by atoms with Crippen molar-refractivity contribution in [1.82, 2.24) is 0 Å². The molecule has 1 aliphatic rings. The Balaban J connectivity index is 1.92. The fourth-order valence-electron chi connectivity index (χ4n) is 2.58. The molecule has 19 heavy (non-hydrogen) atoms. The van der Waals surface area contributed by atoms with Gasteiger partial charge in [0.2, 0.25) is 5.91 Å². The lowest BCUT2D eigenvalue weighted by molar-refractivity contribution is -0.120. The Hall–Kier alpha value is -1.82. The number of hydrogen-bond donors (Lipinski definition) is 1. The fourth-order valence-corrected chi connectivity index (χ4v) is 2.58. The summed E-state index contributed by atoms with van der Waals surface area (Å²) in [7, 11) is 0. The van der Waals surface area contributed by atoms with Gasteiger partial charge in [-0.05, 0) is 30.5 Å². The molecule has 1 aliphatic carbocycles. The first-order chi connectivity index (χ1) is 9.29. The molecule has 1 amide bonds. The molecule has 100 valence electrons. The Labute approximate surface area is 114 Å². The minimum atomic E-state index is 0.148. The Morgan fingerprint density at radius 2 is 1.79 bits per heavy atom. The van der Waals surface area contributed by atoms with E-state index >= 15 is 0 Å². The molecule has 0 atom stereocenters. The maximum atomic E-state index is 12.2. The van der Waals surface area contributed by atoms with Crippen LogP contribution in [0, 0.1) is 17.2 Å². The van der Waals surface area contributed by atoms with Gasteiger partial charge in [0.05, 0.1) is 12.5 Å². The van der Waals surface area contributed by atoms with E-state index in [1.54, 1.807) is 0 Å². The zero-order chi connectivity index (χ0) is 13.5. The third-order valence-electron chi connectivity index (χ3n) is 3.73. The number of nitrogens with one attached hydrogen (secondary N) is 1. The first kappa shape index (κ1) is 13.6. The molecule has 1 N–H and O–H groups in total. The van der Waals surface area contributed by atoms with Gasteiger partial charge < -0.3 is 5.32 Å². The maximum absolute atomic E-state index is 12.2. The summed E-state index contributed by atoms with van der Waals surface area (Å²) in [6.07, 6.45) is 7.28. The smallest absolute Gasteiger partial charge is 0.227 e. The summed E-state index contributed by atoms with van der Waals surface area (Å²) >= 11 is 0. The molecule has 0 spiro atoms. The average molecular weight is 256 g/mol. The second kappa shape index (κ2) is 6.94. The summed E-state index contributed by atoms with van der Waals surface area (Å²) in [6.45, 7) is 0. The van der Waals surface area contributed by atoms with E-state index in [1.165, 1.54) is 25.7 Å². The number of amides is 1. The lowest BCUT2D eigenvalue weighted by atomic mass is 9.99. The largest absolute Gasteiger partial charge is 0.326 e. The highest BCUT2D eigenvalue weighted by atomic mass is 16.1. The minimum Gasteiger partial charge on any atom is -0.326 e. The Bertz CT molecular complexity index is 451. The van der Waals surface area contributed by atoms with Crippen LogP contribution in [0.2, 0.25) is 0 Å². The van der Waals surface area contributed by atoms with Crippen molar-refractivity contribution >= 4 is 11.6 Å². The molecule has 1 aromatic rings. The summed E-state index contributed by atoms with van der Waals surface area (Å²) in [5.41, 5.74) is 1.81. The summed E-state index contributed by atoms with van der Waals surface area (Å²) in [5.74, 6) is 0.316.